The zero-order chi connectivity index (χ0) is 9.19. The first-order valence-corrected chi connectivity index (χ1v) is 4.72. The molecule has 0 unspecified atom stereocenters. The summed E-state index contributed by atoms with van der Waals surface area (Å²) in [5.74, 6) is 0.0499. The van der Waals surface area contributed by atoms with Gasteiger partial charge in [-0.05, 0) is 19.1 Å². The molecule has 13 heavy (non-hydrogen) atoms. The first-order valence-electron chi connectivity index (χ1n) is 3.26. The SMILES string of the molecule is Cc1ccc(OP(=O)([O-])[O-])cc1.[Fe+2]. The van der Waals surface area contributed by atoms with Crippen LogP contribution in [0.4, 0.5) is 0 Å². The maximum atomic E-state index is 10.1. The predicted molar refractivity (Wildman–Crippen MR) is 39.4 cm³/mol. The average Bonchev–Trinajstić information content (AvgIpc) is 1.91. The maximum absolute atomic E-state index is 10.1. The molecule has 0 heterocycles. The van der Waals surface area contributed by atoms with E-state index in [-0.39, 0.29) is 22.8 Å². The molecule has 0 aromatic heterocycles. The summed E-state index contributed by atoms with van der Waals surface area (Å²) in [6.07, 6.45) is 0. The van der Waals surface area contributed by atoms with Gasteiger partial charge in [0.1, 0.15) is 13.6 Å². The van der Waals surface area contributed by atoms with E-state index < -0.39 is 7.82 Å². The van der Waals surface area contributed by atoms with E-state index in [0.717, 1.165) is 5.56 Å². The van der Waals surface area contributed by atoms with Gasteiger partial charge in [-0.2, -0.15) is 0 Å². The first-order chi connectivity index (χ1) is 5.47. The largest absolute Gasteiger partial charge is 2.00 e. The van der Waals surface area contributed by atoms with Gasteiger partial charge in [0.05, 0.1) is 0 Å². The molecule has 0 aliphatic rings. The van der Waals surface area contributed by atoms with Gasteiger partial charge < -0.3 is 18.9 Å². The Balaban J connectivity index is 0.00000144. The molecule has 0 bridgehead atoms. The van der Waals surface area contributed by atoms with Crippen LogP contribution in [0.3, 0.4) is 0 Å². The Kier molecular flexibility index (Phi) is 4.68. The Morgan fingerprint density at radius 2 is 1.69 bits per heavy atom. The number of phosphoric ester groups is 1. The molecule has 0 aliphatic carbocycles. The summed E-state index contributed by atoms with van der Waals surface area (Å²) in [5.41, 5.74) is 0.967. The minimum Gasteiger partial charge on any atom is -0.780 e. The Morgan fingerprint density at radius 3 is 2.08 bits per heavy atom. The van der Waals surface area contributed by atoms with Gasteiger partial charge in [0.25, 0.3) is 0 Å². The summed E-state index contributed by atoms with van der Waals surface area (Å²) in [6.45, 7) is 1.85. The van der Waals surface area contributed by atoms with E-state index in [9.17, 15) is 14.4 Å². The van der Waals surface area contributed by atoms with Crippen LogP contribution in [0.25, 0.3) is 0 Å². The molecule has 4 nitrogen and oxygen atoms in total. The number of hydrogen-bond donors (Lipinski definition) is 0. The van der Waals surface area contributed by atoms with E-state index >= 15 is 0 Å². The second-order valence-electron chi connectivity index (χ2n) is 2.35. The van der Waals surface area contributed by atoms with Crippen LogP contribution in [-0.4, -0.2) is 0 Å². The van der Waals surface area contributed by atoms with Gasteiger partial charge in [0.15, 0.2) is 0 Å². The monoisotopic (exact) mass is 242 g/mol. The van der Waals surface area contributed by atoms with E-state index in [1.165, 1.54) is 12.1 Å². The van der Waals surface area contributed by atoms with E-state index in [0.29, 0.717) is 0 Å². The molecular weight excluding hydrogens is 235 g/mol. The van der Waals surface area contributed by atoms with Crippen LogP contribution >= 0.6 is 7.82 Å². The van der Waals surface area contributed by atoms with E-state index in [1.54, 1.807) is 12.1 Å². The molecule has 0 N–H and O–H groups in total. The van der Waals surface area contributed by atoms with Crippen LogP contribution in [0.2, 0.25) is 0 Å². The molecule has 0 aliphatic heterocycles. The van der Waals surface area contributed by atoms with Gasteiger partial charge in [0.2, 0.25) is 0 Å². The van der Waals surface area contributed by atoms with Crippen molar-refractivity contribution in [1.29, 1.82) is 0 Å². The second kappa shape index (κ2) is 4.80. The molecule has 0 amide bonds. The number of benzene rings is 1. The number of rotatable bonds is 2. The third-order valence-corrected chi connectivity index (χ3v) is 1.67. The average molecular weight is 242 g/mol. The fourth-order valence-corrected chi connectivity index (χ4v) is 1.11. The number of phosphoric acid groups is 1. The van der Waals surface area contributed by atoms with Crippen molar-refractivity contribution >= 4 is 7.82 Å². The van der Waals surface area contributed by atoms with Crippen molar-refractivity contribution in [3.8, 4) is 5.75 Å². The smallest absolute Gasteiger partial charge is 0.780 e. The quantitative estimate of drug-likeness (QED) is 0.548. The van der Waals surface area contributed by atoms with Crippen molar-refractivity contribution in [3.05, 3.63) is 29.8 Å². The zero-order valence-corrected chi connectivity index (χ0v) is 8.74. The van der Waals surface area contributed by atoms with Gasteiger partial charge in [-0.15, -0.1) is 0 Å². The Morgan fingerprint density at radius 1 is 1.23 bits per heavy atom. The summed E-state index contributed by atoms with van der Waals surface area (Å²) in [4.78, 5) is 20.3. The molecule has 72 valence electrons. The van der Waals surface area contributed by atoms with Gasteiger partial charge in [-0.1, -0.05) is 17.7 Å². The van der Waals surface area contributed by atoms with Crippen LogP contribution in [0.1, 0.15) is 5.56 Å². The van der Waals surface area contributed by atoms with Crippen molar-refractivity contribution in [2.45, 2.75) is 6.92 Å². The van der Waals surface area contributed by atoms with Crippen LogP contribution < -0.4 is 14.3 Å². The van der Waals surface area contributed by atoms with Gasteiger partial charge in [-0.3, -0.25) is 0 Å². The maximum Gasteiger partial charge on any atom is 2.00 e. The standard InChI is InChI=1S/C7H9O4P.Fe/c1-6-2-4-7(5-3-6)11-12(8,9)10;/h2-5H,1H3,(H2,8,9,10);/q;+2/p-2. The summed E-state index contributed by atoms with van der Waals surface area (Å²) in [7, 11) is -4.90. The Hall–Kier alpha value is -0.311. The summed E-state index contributed by atoms with van der Waals surface area (Å²) in [6, 6.07) is 6.17. The minimum atomic E-state index is -4.90. The van der Waals surface area contributed by atoms with Crippen molar-refractivity contribution in [1.82, 2.24) is 0 Å². The Labute approximate surface area is 86.6 Å². The van der Waals surface area contributed by atoms with Crippen molar-refractivity contribution < 1.29 is 35.9 Å². The molecule has 1 rings (SSSR count). The van der Waals surface area contributed by atoms with Gasteiger partial charge >= 0.3 is 17.1 Å². The molecular formula is C7H7FeO4P. The molecule has 1 aromatic carbocycles. The third kappa shape index (κ3) is 5.09. The molecule has 0 saturated heterocycles. The topological polar surface area (TPSA) is 72.4 Å². The first kappa shape index (κ1) is 12.7. The zero-order valence-electron chi connectivity index (χ0n) is 6.74. The fourth-order valence-electron chi connectivity index (χ4n) is 0.728. The molecule has 0 radical (unpaired) electrons. The van der Waals surface area contributed by atoms with E-state index in [1.807, 2.05) is 6.92 Å². The summed E-state index contributed by atoms with van der Waals surface area (Å²) in [5, 5.41) is 0. The van der Waals surface area contributed by atoms with E-state index in [2.05, 4.69) is 4.52 Å². The second-order valence-corrected chi connectivity index (χ2v) is 3.43. The van der Waals surface area contributed by atoms with Crippen molar-refractivity contribution in [3.63, 3.8) is 0 Å². The molecule has 6 heteroatoms. The predicted octanol–water partition coefficient (Wildman–Crippen LogP) is 0.200. The van der Waals surface area contributed by atoms with Crippen LogP contribution in [0.5, 0.6) is 5.75 Å². The number of aryl methyl sites for hydroxylation is 1. The summed E-state index contributed by atoms with van der Waals surface area (Å²) < 4.78 is 14.2. The van der Waals surface area contributed by atoms with Crippen molar-refractivity contribution in [2.24, 2.45) is 0 Å². The minimum absolute atomic E-state index is 0. The van der Waals surface area contributed by atoms with Crippen molar-refractivity contribution in [2.75, 3.05) is 0 Å². The molecule has 1 aromatic rings. The van der Waals surface area contributed by atoms with Crippen LogP contribution in [0.15, 0.2) is 24.3 Å². The van der Waals surface area contributed by atoms with Gasteiger partial charge in [0, 0.05) is 0 Å². The molecule has 0 spiro atoms. The van der Waals surface area contributed by atoms with E-state index in [4.69, 9.17) is 0 Å². The summed E-state index contributed by atoms with van der Waals surface area (Å²) >= 11 is 0. The fraction of sp³-hybridized carbons (Fsp3) is 0.143. The Bertz CT molecular complexity index is 305. The molecule has 0 atom stereocenters. The molecule has 0 saturated carbocycles. The van der Waals surface area contributed by atoms with Crippen LogP contribution in [-0.2, 0) is 21.6 Å². The van der Waals surface area contributed by atoms with Gasteiger partial charge in [-0.25, -0.2) is 0 Å². The third-order valence-electron chi connectivity index (χ3n) is 1.24. The normalized spacial score (nSPS) is 10.4. The molecule has 0 fully saturated rings. The van der Waals surface area contributed by atoms with Crippen LogP contribution in [0, 0.1) is 6.92 Å². The number of hydrogen-bond acceptors (Lipinski definition) is 4.